The van der Waals surface area contributed by atoms with E-state index in [-0.39, 0.29) is 18.0 Å². The Kier molecular flexibility index (Phi) is 4.46. The van der Waals surface area contributed by atoms with Gasteiger partial charge in [0.05, 0.1) is 5.92 Å². The first-order valence-corrected chi connectivity index (χ1v) is 6.60. The topological polar surface area (TPSA) is 60.9 Å². The summed E-state index contributed by atoms with van der Waals surface area (Å²) in [5, 5.41) is 8.71. The highest BCUT2D eigenvalue weighted by atomic mass is 32.2. The van der Waals surface area contributed by atoms with Gasteiger partial charge in [-0.1, -0.05) is 0 Å². The van der Waals surface area contributed by atoms with E-state index < -0.39 is 5.97 Å². The highest BCUT2D eigenvalue weighted by molar-refractivity contribution is 7.98. The molecule has 0 aliphatic carbocycles. The number of amides is 2. The van der Waals surface area contributed by atoms with Crippen molar-refractivity contribution >= 4 is 23.8 Å². The summed E-state index contributed by atoms with van der Waals surface area (Å²) in [4.78, 5) is 25.7. The molecule has 1 fully saturated rings. The SMILES string of the molecule is CSCC(C)N(C)C(=O)N1CC(C(=O)O)C1. The van der Waals surface area contributed by atoms with Gasteiger partial charge < -0.3 is 14.9 Å². The lowest BCUT2D eigenvalue weighted by Gasteiger charge is -2.40. The standard InChI is InChI=1S/C10H18N2O3S/c1-7(6-16-3)11(2)10(15)12-4-8(5-12)9(13)14/h7-8H,4-6H2,1-3H3,(H,13,14). The summed E-state index contributed by atoms with van der Waals surface area (Å²) in [6.07, 6.45) is 2.00. The molecule has 0 aromatic rings. The first kappa shape index (κ1) is 13.2. The quantitative estimate of drug-likeness (QED) is 0.797. The van der Waals surface area contributed by atoms with Gasteiger partial charge in [-0.2, -0.15) is 11.8 Å². The largest absolute Gasteiger partial charge is 0.481 e. The number of carboxylic acids is 1. The zero-order chi connectivity index (χ0) is 12.3. The van der Waals surface area contributed by atoms with Crippen LogP contribution in [0.5, 0.6) is 0 Å². The number of urea groups is 1. The first-order valence-electron chi connectivity index (χ1n) is 5.20. The van der Waals surface area contributed by atoms with Crippen molar-refractivity contribution < 1.29 is 14.7 Å². The third kappa shape index (κ3) is 2.81. The summed E-state index contributed by atoms with van der Waals surface area (Å²) < 4.78 is 0. The van der Waals surface area contributed by atoms with Gasteiger partial charge in [0.25, 0.3) is 0 Å². The maximum Gasteiger partial charge on any atom is 0.320 e. The van der Waals surface area contributed by atoms with Crippen molar-refractivity contribution in [3.8, 4) is 0 Å². The zero-order valence-corrected chi connectivity index (χ0v) is 10.7. The predicted octanol–water partition coefficient (Wildman–Crippen LogP) is 0.806. The second kappa shape index (κ2) is 5.43. The molecule has 1 rings (SSSR count). The van der Waals surface area contributed by atoms with Crippen molar-refractivity contribution in [1.29, 1.82) is 0 Å². The number of carbonyl (C=O) groups excluding carboxylic acids is 1. The fraction of sp³-hybridized carbons (Fsp3) is 0.800. The minimum absolute atomic E-state index is 0.0703. The van der Waals surface area contributed by atoms with Gasteiger partial charge in [0.1, 0.15) is 0 Å². The second-order valence-corrected chi connectivity index (χ2v) is 5.05. The molecular formula is C10H18N2O3S. The van der Waals surface area contributed by atoms with Crippen molar-refractivity contribution in [2.45, 2.75) is 13.0 Å². The molecule has 0 aromatic heterocycles. The number of carbonyl (C=O) groups is 2. The van der Waals surface area contributed by atoms with Crippen LogP contribution < -0.4 is 0 Å². The van der Waals surface area contributed by atoms with Crippen LogP contribution in [0.15, 0.2) is 0 Å². The lowest BCUT2D eigenvalue weighted by atomic mass is 10.0. The van der Waals surface area contributed by atoms with E-state index in [1.165, 1.54) is 0 Å². The van der Waals surface area contributed by atoms with Crippen LogP contribution in [0.3, 0.4) is 0 Å². The molecule has 0 aromatic carbocycles. The molecule has 0 spiro atoms. The first-order chi connectivity index (χ1) is 7.47. The number of rotatable bonds is 4. The Morgan fingerprint density at radius 1 is 1.56 bits per heavy atom. The average Bonchev–Trinajstić information content (AvgIpc) is 2.13. The van der Waals surface area contributed by atoms with Crippen LogP contribution in [0.4, 0.5) is 4.79 Å². The van der Waals surface area contributed by atoms with Gasteiger partial charge in [0, 0.05) is 31.9 Å². The van der Waals surface area contributed by atoms with Gasteiger partial charge in [0.2, 0.25) is 0 Å². The molecule has 1 N–H and O–H groups in total. The molecule has 0 bridgehead atoms. The zero-order valence-electron chi connectivity index (χ0n) is 9.84. The van der Waals surface area contributed by atoms with E-state index in [2.05, 4.69) is 0 Å². The highest BCUT2D eigenvalue weighted by Crippen LogP contribution is 2.18. The average molecular weight is 246 g/mol. The number of hydrogen-bond acceptors (Lipinski definition) is 3. The summed E-state index contributed by atoms with van der Waals surface area (Å²) in [6, 6.07) is 0.102. The molecular weight excluding hydrogens is 228 g/mol. The van der Waals surface area contributed by atoms with E-state index in [0.717, 1.165) is 5.75 Å². The molecule has 16 heavy (non-hydrogen) atoms. The molecule has 1 saturated heterocycles. The molecule has 1 heterocycles. The number of aliphatic carboxylic acids is 1. The minimum Gasteiger partial charge on any atom is -0.481 e. The molecule has 1 atom stereocenters. The van der Waals surface area contributed by atoms with E-state index in [1.807, 2.05) is 13.2 Å². The summed E-state index contributed by atoms with van der Waals surface area (Å²) in [5.41, 5.74) is 0. The lowest BCUT2D eigenvalue weighted by Crippen LogP contribution is -2.57. The molecule has 0 radical (unpaired) electrons. The number of hydrogen-bond donors (Lipinski definition) is 1. The van der Waals surface area contributed by atoms with Crippen molar-refractivity contribution in [2.75, 3.05) is 32.1 Å². The molecule has 0 saturated carbocycles. The molecule has 5 nitrogen and oxygen atoms in total. The van der Waals surface area contributed by atoms with Gasteiger partial charge in [-0.3, -0.25) is 4.79 Å². The predicted molar refractivity (Wildman–Crippen MR) is 63.7 cm³/mol. The fourth-order valence-electron chi connectivity index (χ4n) is 1.56. The number of nitrogens with zero attached hydrogens (tertiary/aromatic N) is 2. The van der Waals surface area contributed by atoms with Gasteiger partial charge in [-0.25, -0.2) is 4.79 Å². The van der Waals surface area contributed by atoms with Crippen LogP contribution in [0.1, 0.15) is 6.92 Å². The number of carboxylic acid groups (broad SMARTS) is 1. The third-order valence-electron chi connectivity index (χ3n) is 2.87. The minimum atomic E-state index is -0.816. The number of thioether (sulfide) groups is 1. The van der Waals surface area contributed by atoms with Crippen LogP contribution in [-0.2, 0) is 4.79 Å². The Labute approximate surface area is 99.8 Å². The molecule has 2 amide bonds. The Hall–Kier alpha value is -0.910. The van der Waals surface area contributed by atoms with Crippen LogP contribution in [0.2, 0.25) is 0 Å². The van der Waals surface area contributed by atoms with E-state index in [0.29, 0.717) is 13.1 Å². The van der Waals surface area contributed by atoms with Crippen molar-refractivity contribution in [3.05, 3.63) is 0 Å². The Balaban J connectivity index is 2.39. The highest BCUT2D eigenvalue weighted by Gasteiger charge is 2.37. The second-order valence-electron chi connectivity index (χ2n) is 4.14. The van der Waals surface area contributed by atoms with Gasteiger partial charge in [-0.15, -0.1) is 0 Å². The summed E-state index contributed by atoms with van der Waals surface area (Å²) >= 11 is 1.69. The van der Waals surface area contributed by atoms with Crippen molar-refractivity contribution in [3.63, 3.8) is 0 Å². The summed E-state index contributed by atoms with van der Waals surface area (Å²) in [7, 11) is 1.76. The van der Waals surface area contributed by atoms with Gasteiger partial charge >= 0.3 is 12.0 Å². The lowest BCUT2D eigenvalue weighted by molar-refractivity contribution is -0.146. The summed E-state index contributed by atoms with van der Waals surface area (Å²) in [6.45, 7) is 2.66. The number of likely N-dealkylation sites (tertiary alicyclic amines) is 1. The smallest absolute Gasteiger partial charge is 0.320 e. The molecule has 6 heteroatoms. The van der Waals surface area contributed by atoms with Gasteiger partial charge in [-0.05, 0) is 13.2 Å². The maximum atomic E-state index is 11.9. The van der Waals surface area contributed by atoms with E-state index in [1.54, 1.807) is 28.6 Å². The molecule has 1 unspecified atom stereocenters. The van der Waals surface area contributed by atoms with E-state index >= 15 is 0 Å². The maximum absolute atomic E-state index is 11.9. The molecule has 92 valence electrons. The Morgan fingerprint density at radius 2 is 2.12 bits per heavy atom. The Bertz CT molecular complexity index is 279. The van der Waals surface area contributed by atoms with Crippen LogP contribution >= 0.6 is 11.8 Å². The Morgan fingerprint density at radius 3 is 2.56 bits per heavy atom. The van der Waals surface area contributed by atoms with E-state index in [4.69, 9.17) is 5.11 Å². The fourth-order valence-corrected chi connectivity index (χ4v) is 2.26. The third-order valence-corrected chi connectivity index (χ3v) is 3.69. The summed E-state index contributed by atoms with van der Waals surface area (Å²) in [5.74, 6) is -0.310. The van der Waals surface area contributed by atoms with Crippen LogP contribution in [0, 0.1) is 5.92 Å². The normalized spacial score (nSPS) is 17.8. The molecule has 1 aliphatic rings. The van der Waals surface area contributed by atoms with Crippen LogP contribution in [-0.4, -0.2) is 65.1 Å². The monoisotopic (exact) mass is 246 g/mol. The van der Waals surface area contributed by atoms with Crippen molar-refractivity contribution in [1.82, 2.24) is 9.80 Å². The van der Waals surface area contributed by atoms with Crippen molar-refractivity contribution in [2.24, 2.45) is 5.92 Å². The van der Waals surface area contributed by atoms with E-state index in [9.17, 15) is 9.59 Å². The molecule has 1 aliphatic heterocycles. The van der Waals surface area contributed by atoms with Crippen LogP contribution in [0.25, 0.3) is 0 Å². The van der Waals surface area contributed by atoms with Gasteiger partial charge in [0.15, 0.2) is 0 Å².